The standard InChI is InChI=1S/C21H21FN4O3S/c1-11-17-19(23-10-24-21(17)30-18(11)20(27)25-13-3-4-13)26-15-5-2-12(22)8-16(15)29-14-6-7-28-9-14/h2,5,8,10,13-14H,3-4,6-7,9H2,1H3,(H,25,27)(H,23,24,26)/t14-/m0/s1. The Morgan fingerprint density at radius 2 is 2.17 bits per heavy atom. The summed E-state index contributed by atoms with van der Waals surface area (Å²) >= 11 is 1.35. The summed E-state index contributed by atoms with van der Waals surface area (Å²) < 4.78 is 25.2. The molecular weight excluding hydrogens is 407 g/mol. The Labute approximate surface area is 176 Å². The normalized spacial score (nSPS) is 18.5. The van der Waals surface area contributed by atoms with E-state index in [1.807, 2.05) is 6.92 Å². The largest absolute Gasteiger partial charge is 0.486 e. The molecule has 0 spiro atoms. The predicted octanol–water partition coefficient (Wildman–Crippen LogP) is 3.94. The van der Waals surface area contributed by atoms with Gasteiger partial charge in [0.2, 0.25) is 0 Å². The minimum atomic E-state index is -0.381. The maximum Gasteiger partial charge on any atom is 0.261 e. The van der Waals surface area contributed by atoms with Crippen LogP contribution in [0, 0.1) is 12.7 Å². The van der Waals surface area contributed by atoms with Gasteiger partial charge in [0.15, 0.2) is 0 Å². The number of thiophene rings is 1. The lowest BCUT2D eigenvalue weighted by molar-refractivity contribution is 0.0954. The minimum absolute atomic E-state index is 0.0732. The molecule has 1 aromatic carbocycles. The topological polar surface area (TPSA) is 85.4 Å². The fraction of sp³-hybridized carbons (Fsp3) is 0.381. The third kappa shape index (κ3) is 3.82. The van der Waals surface area contributed by atoms with Crippen molar-refractivity contribution < 1.29 is 18.7 Å². The highest BCUT2D eigenvalue weighted by Crippen LogP contribution is 2.37. The molecule has 30 heavy (non-hydrogen) atoms. The van der Waals surface area contributed by atoms with E-state index in [2.05, 4.69) is 20.6 Å². The van der Waals surface area contributed by atoms with Gasteiger partial charge in [0.05, 0.1) is 29.2 Å². The summed E-state index contributed by atoms with van der Waals surface area (Å²) in [6.07, 6.45) is 4.16. The van der Waals surface area contributed by atoms with E-state index in [1.54, 1.807) is 6.07 Å². The second-order valence-corrected chi connectivity index (χ2v) is 8.57. The van der Waals surface area contributed by atoms with Crippen LogP contribution >= 0.6 is 11.3 Å². The highest BCUT2D eigenvalue weighted by atomic mass is 32.1. The van der Waals surface area contributed by atoms with Crippen LogP contribution < -0.4 is 15.4 Å². The summed E-state index contributed by atoms with van der Waals surface area (Å²) in [4.78, 5) is 22.7. The van der Waals surface area contributed by atoms with Gasteiger partial charge in [-0.05, 0) is 37.5 Å². The van der Waals surface area contributed by atoms with Crippen molar-refractivity contribution >= 4 is 39.0 Å². The van der Waals surface area contributed by atoms with E-state index in [1.165, 1.54) is 29.8 Å². The van der Waals surface area contributed by atoms with E-state index in [4.69, 9.17) is 9.47 Å². The van der Waals surface area contributed by atoms with Crippen molar-refractivity contribution in [3.05, 3.63) is 40.8 Å². The van der Waals surface area contributed by atoms with Crippen LogP contribution in [0.1, 0.15) is 34.5 Å². The van der Waals surface area contributed by atoms with Gasteiger partial charge in [0, 0.05) is 18.5 Å². The molecule has 2 aromatic heterocycles. The Morgan fingerprint density at radius 3 is 2.93 bits per heavy atom. The number of carbonyl (C=O) groups is 1. The molecule has 1 aliphatic carbocycles. The molecular formula is C21H21FN4O3S. The van der Waals surface area contributed by atoms with E-state index in [0.29, 0.717) is 35.3 Å². The maximum atomic E-state index is 13.9. The third-order valence-electron chi connectivity index (χ3n) is 5.22. The number of aryl methyl sites for hydroxylation is 1. The first-order valence-electron chi connectivity index (χ1n) is 9.94. The lowest BCUT2D eigenvalue weighted by Crippen LogP contribution is -2.24. The lowest BCUT2D eigenvalue weighted by atomic mass is 10.2. The molecule has 2 N–H and O–H groups in total. The van der Waals surface area contributed by atoms with Crippen LogP contribution in [0.5, 0.6) is 5.75 Å². The fourth-order valence-corrected chi connectivity index (χ4v) is 4.52. The zero-order valence-corrected chi connectivity index (χ0v) is 17.2. The van der Waals surface area contributed by atoms with Crippen LogP contribution in [0.2, 0.25) is 0 Å². The number of anilines is 2. The van der Waals surface area contributed by atoms with E-state index in [9.17, 15) is 9.18 Å². The molecule has 3 heterocycles. The number of carbonyl (C=O) groups excluding carboxylic acids is 1. The van der Waals surface area contributed by atoms with Crippen LogP contribution in [0.4, 0.5) is 15.9 Å². The van der Waals surface area contributed by atoms with Crippen LogP contribution in [-0.4, -0.2) is 41.2 Å². The van der Waals surface area contributed by atoms with Crippen LogP contribution in [0.15, 0.2) is 24.5 Å². The molecule has 0 bridgehead atoms. The van der Waals surface area contributed by atoms with Gasteiger partial charge in [0.25, 0.3) is 5.91 Å². The first-order chi connectivity index (χ1) is 14.6. The van der Waals surface area contributed by atoms with Gasteiger partial charge in [-0.1, -0.05) is 0 Å². The van der Waals surface area contributed by atoms with Crippen molar-refractivity contribution in [1.29, 1.82) is 0 Å². The molecule has 0 unspecified atom stereocenters. The number of benzene rings is 1. The van der Waals surface area contributed by atoms with Gasteiger partial charge in [0.1, 0.15) is 34.6 Å². The number of aromatic nitrogens is 2. The van der Waals surface area contributed by atoms with E-state index in [0.717, 1.165) is 35.0 Å². The Hall–Kier alpha value is -2.78. The predicted molar refractivity (Wildman–Crippen MR) is 112 cm³/mol. The SMILES string of the molecule is Cc1c(C(=O)NC2CC2)sc2ncnc(Nc3ccc(F)cc3O[C@H]3CCOC3)c12. The minimum Gasteiger partial charge on any atom is -0.486 e. The van der Waals surface area contributed by atoms with Gasteiger partial charge in [-0.3, -0.25) is 4.79 Å². The molecule has 1 saturated heterocycles. The molecule has 1 saturated carbocycles. The van der Waals surface area contributed by atoms with Crippen molar-refractivity contribution in [1.82, 2.24) is 15.3 Å². The summed E-state index contributed by atoms with van der Waals surface area (Å²) in [5, 5.41) is 7.06. The van der Waals surface area contributed by atoms with Crippen molar-refractivity contribution in [2.45, 2.75) is 38.3 Å². The lowest BCUT2D eigenvalue weighted by Gasteiger charge is -2.17. The fourth-order valence-electron chi connectivity index (χ4n) is 3.47. The van der Waals surface area contributed by atoms with Gasteiger partial charge in [-0.15, -0.1) is 11.3 Å². The number of rotatable bonds is 6. The number of nitrogens with zero attached hydrogens (tertiary/aromatic N) is 2. The molecule has 3 aromatic rings. The third-order valence-corrected chi connectivity index (χ3v) is 6.42. The number of amides is 1. The number of hydrogen-bond donors (Lipinski definition) is 2. The summed E-state index contributed by atoms with van der Waals surface area (Å²) in [5.41, 5.74) is 1.42. The zero-order valence-electron chi connectivity index (χ0n) is 16.4. The van der Waals surface area contributed by atoms with Crippen LogP contribution in [-0.2, 0) is 4.74 Å². The first-order valence-corrected chi connectivity index (χ1v) is 10.8. The average Bonchev–Trinajstić information content (AvgIpc) is 3.25. The van der Waals surface area contributed by atoms with Gasteiger partial charge >= 0.3 is 0 Å². The number of fused-ring (bicyclic) bond motifs is 1. The van der Waals surface area contributed by atoms with Crippen molar-refractivity contribution in [2.75, 3.05) is 18.5 Å². The summed E-state index contributed by atoms with van der Waals surface area (Å²) in [6.45, 7) is 3.01. The van der Waals surface area contributed by atoms with E-state index >= 15 is 0 Å². The molecule has 2 aliphatic rings. The van der Waals surface area contributed by atoms with E-state index < -0.39 is 0 Å². The van der Waals surface area contributed by atoms with Gasteiger partial charge in [-0.25, -0.2) is 14.4 Å². The molecule has 9 heteroatoms. The van der Waals surface area contributed by atoms with Gasteiger partial charge in [-0.2, -0.15) is 0 Å². The maximum absolute atomic E-state index is 13.9. The average molecular weight is 428 g/mol. The Balaban J connectivity index is 1.48. The Morgan fingerprint density at radius 1 is 1.30 bits per heavy atom. The van der Waals surface area contributed by atoms with Crippen molar-refractivity contribution in [2.24, 2.45) is 0 Å². The molecule has 0 radical (unpaired) electrons. The summed E-state index contributed by atoms with van der Waals surface area (Å²) in [5.74, 6) is 0.499. The molecule has 5 rings (SSSR count). The number of hydrogen-bond acceptors (Lipinski definition) is 7. The van der Waals surface area contributed by atoms with Crippen molar-refractivity contribution in [3.8, 4) is 5.75 Å². The summed E-state index contributed by atoms with van der Waals surface area (Å²) in [7, 11) is 0. The first kappa shape index (κ1) is 19.2. The molecule has 156 valence electrons. The molecule has 2 fully saturated rings. The number of nitrogens with one attached hydrogen (secondary N) is 2. The van der Waals surface area contributed by atoms with Crippen LogP contribution in [0.3, 0.4) is 0 Å². The second kappa shape index (κ2) is 7.81. The van der Waals surface area contributed by atoms with E-state index in [-0.39, 0.29) is 23.9 Å². The summed E-state index contributed by atoms with van der Waals surface area (Å²) in [6, 6.07) is 4.63. The molecule has 7 nitrogen and oxygen atoms in total. The highest BCUT2D eigenvalue weighted by Gasteiger charge is 2.27. The zero-order chi connectivity index (χ0) is 20.7. The Bertz CT molecular complexity index is 1110. The number of ether oxygens (including phenoxy) is 2. The monoisotopic (exact) mass is 428 g/mol. The molecule has 1 atom stereocenters. The quantitative estimate of drug-likeness (QED) is 0.619. The highest BCUT2D eigenvalue weighted by molar-refractivity contribution is 7.20. The van der Waals surface area contributed by atoms with Gasteiger partial charge < -0.3 is 20.1 Å². The van der Waals surface area contributed by atoms with Crippen LogP contribution in [0.25, 0.3) is 10.2 Å². The second-order valence-electron chi connectivity index (χ2n) is 7.58. The smallest absolute Gasteiger partial charge is 0.261 e. The Kier molecular flexibility index (Phi) is 5.00. The number of halogens is 1. The molecule has 1 amide bonds. The van der Waals surface area contributed by atoms with Crippen molar-refractivity contribution in [3.63, 3.8) is 0 Å². The molecule has 1 aliphatic heterocycles.